The van der Waals surface area contributed by atoms with E-state index < -0.39 is 0 Å². The van der Waals surface area contributed by atoms with Crippen molar-refractivity contribution < 1.29 is 14.6 Å². The second-order valence-corrected chi connectivity index (χ2v) is 5.20. The molecule has 3 heteroatoms. The summed E-state index contributed by atoms with van der Waals surface area (Å²) in [5.41, 5.74) is 3.61. The van der Waals surface area contributed by atoms with E-state index in [1.54, 1.807) is 0 Å². The molecule has 0 radical (unpaired) electrons. The molecule has 1 N–H and O–H groups in total. The lowest BCUT2D eigenvalue weighted by Gasteiger charge is -2.26. The maximum Gasteiger partial charge on any atom is 0.122 e. The van der Waals surface area contributed by atoms with Gasteiger partial charge in [0.15, 0.2) is 0 Å². The molecule has 0 bridgehead atoms. The summed E-state index contributed by atoms with van der Waals surface area (Å²) in [5.74, 6) is 0.832. The van der Waals surface area contributed by atoms with Crippen LogP contribution in [0, 0.1) is 0 Å². The van der Waals surface area contributed by atoms with E-state index in [9.17, 15) is 0 Å². The van der Waals surface area contributed by atoms with Crippen LogP contribution in [-0.4, -0.2) is 24.9 Å². The van der Waals surface area contributed by atoms with Gasteiger partial charge in [-0.05, 0) is 35.6 Å². The van der Waals surface area contributed by atoms with Crippen molar-refractivity contribution in [3.63, 3.8) is 0 Å². The Bertz CT molecular complexity index is 595. The van der Waals surface area contributed by atoms with Crippen molar-refractivity contribution in [1.29, 1.82) is 0 Å². The van der Waals surface area contributed by atoms with Gasteiger partial charge < -0.3 is 14.6 Å². The topological polar surface area (TPSA) is 38.7 Å². The Labute approximate surface area is 125 Å². The van der Waals surface area contributed by atoms with E-state index in [4.69, 9.17) is 14.6 Å². The first-order chi connectivity index (χ1) is 10.4. The number of aliphatic hydroxyl groups is 1. The predicted molar refractivity (Wildman–Crippen MR) is 81.6 cm³/mol. The first-order valence-corrected chi connectivity index (χ1v) is 7.39. The van der Waals surface area contributed by atoms with Crippen LogP contribution in [0.2, 0.25) is 0 Å². The third-order valence-electron chi connectivity index (χ3n) is 3.84. The fourth-order valence-electron chi connectivity index (χ4n) is 2.75. The molecule has 1 atom stereocenters. The van der Waals surface area contributed by atoms with Gasteiger partial charge in [-0.15, -0.1) is 0 Å². The Kier molecular flexibility index (Phi) is 4.53. The third-order valence-corrected chi connectivity index (χ3v) is 3.84. The smallest absolute Gasteiger partial charge is 0.122 e. The van der Waals surface area contributed by atoms with Gasteiger partial charge in [0, 0.05) is 6.61 Å². The van der Waals surface area contributed by atoms with Gasteiger partial charge in [-0.2, -0.15) is 0 Å². The van der Waals surface area contributed by atoms with E-state index in [-0.39, 0.29) is 12.7 Å². The van der Waals surface area contributed by atoms with E-state index in [0.29, 0.717) is 13.0 Å². The standard InChI is InChI=1S/C18H20O3/c19-11-9-15-6-2-4-8-17(15)21-13-18-16-7-3-1-5-14(16)10-12-20-18/h1-8,18-19H,9-13H2. The molecular formula is C18H20O3. The van der Waals surface area contributed by atoms with Crippen LogP contribution in [0.1, 0.15) is 22.8 Å². The molecule has 0 aliphatic carbocycles. The number of rotatable bonds is 5. The Morgan fingerprint density at radius 2 is 1.90 bits per heavy atom. The molecule has 2 aromatic carbocycles. The highest BCUT2D eigenvalue weighted by atomic mass is 16.5. The number of fused-ring (bicyclic) bond motifs is 1. The lowest BCUT2D eigenvalue weighted by molar-refractivity contribution is 0.00995. The van der Waals surface area contributed by atoms with Crippen LogP contribution in [0.15, 0.2) is 48.5 Å². The predicted octanol–water partition coefficient (Wildman–Crippen LogP) is 2.91. The summed E-state index contributed by atoms with van der Waals surface area (Å²) in [6.45, 7) is 1.37. The first kappa shape index (κ1) is 14.1. The quantitative estimate of drug-likeness (QED) is 0.917. The van der Waals surface area contributed by atoms with Gasteiger partial charge in [-0.1, -0.05) is 42.5 Å². The molecule has 1 unspecified atom stereocenters. The van der Waals surface area contributed by atoms with Gasteiger partial charge in [0.25, 0.3) is 0 Å². The van der Waals surface area contributed by atoms with Crippen molar-refractivity contribution in [1.82, 2.24) is 0 Å². The largest absolute Gasteiger partial charge is 0.490 e. The van der Waals surface area contributed by atoms with E-state index in [1.807, 2.05) is 30.3 Å². The summed E-state index contributed by atoms with van der Waals surface area (Å²) in [4.78, 5) is 0. The molecule has 0 amide bonds. The van der Waals surface area contributed by atoms with Gasteiger partial charge in [0.2, 0.25) is 0 Å². The SMILES string of the molecule is OCCc1ccccc1OCC1OCCc2ccccc21. The van der Waals surface area contributed by atoms with Crippen molar-refractivity contribution >= 4 is 0 Å². The zero-order valence-electron chi connectivity index (χ0n) is 12.0. The van der Waals surface area contributed by atoms with Crippen LogP contribution in [-0.2, 0) is 17.6 Å². The van der Waals surface area contributed by atoms with Gasteiger partial charge in [-0.25, -0.2) is 0 Å². The highest BCUT2D eigenvalue weighted by Crippen LogP contribution is 2.28. The molecule has 3 nitrogen and oxygen atoms in total. The molecule has 3 rings (SSSR count). The normalized spacial score (nSPS) is 17.3. The number of hydrogen-bond donors (Lipinski definition) is 1. The summed E-state index contributed by atoms with van der Waals surface area (Å²) in [7, 11) is 0. The Hall–Kier alpha value is -1.84. The maximum absolute atomic E-state index is 9.11. The zero-order valence-corrected chi connectivity index (χ0v) is 12.0. The molecule has 2 aromatic rings. The third kappa shape index (κ3) is 3.26. The number of hydrogen-bond acceptors (Lipinski definition) is 3. The van der Waals surface area contributed by atoms with E-state index in [1.165, 1.54) is 11.1 Å². The lowest BCUT2D eigenvalue weighted by Crippen LogP contribution is -2.21. The average molecular weight is 284 g/mol. The molecule has 1 aliphatic heterocycles. The summed E-state index contributed by atoms with van der Waals surface area (Å²) >= 11 is 0. The minimum Gasteiger partial charge on any atom is -0.490 e. The fraction of sp³-hybridized carbons (Fsp3) is 0.333. The molecule has 0 fully saturated rings. The van der Waals surface area contributed by atoms with Crippen molar-refractivity contribution in [3.8, 4) is 5.75 Å². The van der Waals surface area contributed by atoms with E-state index in [2.05, 4.69) is 18.2 Å². The highest BCUT2D eigenvalue weighted by Gasteiger charge is 2.21. The van der Waals surface area contributed by atoms with Crippen LogP contribution in [0.25, 0.3) is 0 Å². The zero-order chi connectivity index (χ0) is 14.5. The average Bonchev–Trinajstić information content (AvgIpc) is 2.54. The van der Waals surface area contributed by atoms with Crippen LogP contribution in [0.4, 0.5) is 0 Å². The van der Waals surface area contributed by atoms with Gasteiger partial charge in [0.1, 0.15) is 18.5 Å². The van der Waals surface area contributed by atoms with Crippen molar-refractivity contribution in [2.45, 2.75) is 18.9 Å². The second-order valence-electron chi connectivity index (χ2n) is 5.20. The molecule has 0 saturated heterocycles. The van der Waals surface area contributed by atoms with Crippen LogP contribution < -0.4 is 4.74 Å². The van der Waals surface area contributed by atoms with Crippen LogP contribution in [0.5, 0.6) is 5.75 Å². The minimum absolute atomic E-state index is 0.0165. The summed E-state index contributed by atoms with van der Waals surface area (Å²) in [6, 6.07) is 16.2. The van der Waals surface area contributed by atoms with Crippen molar-refractivity contribution in [2.24, 2.45) is 0 Å². The molecule has 0 saturated carbocycles. The van der Waals surface area contributed by atoms with Crippen molar-refractivity contribution in [2.75, 3.05) is 19.8 Å². The van der Waals surface area contributed by atoms with E-state index in [0.717, 1.165) is 24.3 Å². The monoisotopic (exact) mass is 284 g/mol. The molecule has 21 heavy (non-hydrogen) atoms. The Morgan fingerprint density at radius 1 is 1.10 bits per heavy atom. The lowest BCUT2D eigenvalue weighted by atomic mass is 9.98. The Morgan fingerprint density at radius 3 is 2.81 bits per heavy atom. The molecule has 110 valence electrons. The molecular weight excluding hydrogens is 264 g/mol. The van der Waals surface area contributed by atoms with E-state index >= 15 is 0 Å². The molecule has 1 heterocycles. The number of benzene rings is 2. The second kappa shape index (κ2) is 6.74. The summed E-state index contributed by atoms with van der Waals surface area (Å²) < 4.78 is 11.8. The van der Waals surface area contributed by atoms with Crippen LogP contribution in [0.3, 0.4) is 0 Å². The van der Waals surface area contributed by atoms with Crippen LogP contribution >= 0.6 is 0 Å². The number of aliphatic hydroxyl groups excluding tert-OH is 1. The van der Waals surface area contributed by atoms with Gasteiger partial charge in [0.05, 0.1) is 6.61 Å². The minimum atomic E-state index is -0.0165. The van der Waals surface area contributed by atoms with Crippen molar-refractivity contribution in [3.05, 3.63) is 65.2 Å². The number of ether oxygens (including phenoxy) is 2. The summed E-state index contributed by atoms with van der Waals surface area (Å²) in [6.07, 6.45) is 1.56. The van der Waals surface area contributed by atoms with Gasteiger partial charge >= 0.3 is 0 Å². The molecule has 1 aliphatic rings. The fourth-order valence-corrected chi connectivity index (χ4v) is 2.75. The van der Waals surface area contributed by atoms with Gasteiger partial charge in [-0.3, -0.25) is 0 Å². The maximum atomic E-state index is 9.11. The summed E-state index contributed by atoms with van der Waals surface area (Å²) in [5, 5.41) is 9.11. The first-order valence-electron chi connectivity index (χ1n) is 7.39. The number of para-hydroxylation sites is 1. The Balaban J connectivity index is 1.72. The molecule has 0 aromatic heterocycles. The highest BCUT2D eigenvalue weighted by molar-refractivity contribution is 5.34. The molecule has 0 spiro atoms.